The van der Waals surface area contributed by atoms with Crippen molar-refractivity contribution in [1.29, 1.82) is 0 Å². The van der Waals surface area contributed by atoms with E-state index in [0.29, 0.717) is 12.0 Å². The summed E-state index contributed by atoms with van der Waals surface area (Å²) in [7, 11) is 0. The largest absolute Gasteiger partial charge is 0.325 e. The Morgan fingerprint density at radius 1 is 1.16 bits per heavy atom. The molecule has 1 saturated carbocycles. The molecule has 1 aliphatic carbocycles. The minimum Gasteiger partial charge on any atom is -0.325 e. The van der Waals surface area contributed by atoms with Gasteiger partial charge >= 0.3 is 0 Å². The molecule has 3 nitrogen and oxygen atoms in total. The van der Waals surface area contributed by atoms with Crippen molar-refractivity contribution < 1.29 is 0 Å². The Morgan fingerprint density at radius 2 is 1.89 bits per heavy atom. The lowest BCUT2D eigenvalue weighted by Gasteiger charge is -2.44. The van der Waals surface area contributed by atoms with E-state index in [2.05, 4.69) is 15.3 Å². The molecule has 2 fully saturated rings. The van der Waals surface area contributed by atoms with Gasteiger partial charge in [0.25, 0.3) is 0 Å². The number of hydrogen-bond donors (Lipinski definition) is 1. The predicted molar refractivity (Wildman–Crippen MR) is 80.0 cm³/mol. The van der Waals surface area contributed by atoms with Crippen molar-refractivity contribution in [3.8, 4) is 0 Å². The second-order valence-corrected chi connectivity index (χ2v) is 7.22. The summed E-state index contributed by atoms with van der Waals surface area (Å²) in [6.07, 6.45) is 10.2. The molecule has 0 aromatic carbocycles. The van der Waals surface area contributed by atoms with E-state index in [1.807, 2.05) is 0 Å². The van der Waals surface area contributed by atoms with Crippen LogP contribution in [0.25, 0.3) is 0 Å². The summed E-state index contributed by atoms with van der Waals surface area (Å²) in [5.41, 5.74) is 7.54. The molecule has 1 aromatic heterocycles. The number of nitrogens with two attached hydrogens (primary N) is 1. The van der Waals surface area contributed by atoms with Gasteiger partial charge in [0.05, 0.1) is 5.69 Å². The number of thiazole rings is 1. The first-order valence-electron chi connectivity index (χ1n) is 7.65. The van der Waals surface area contributed by atoms with Crippen LogP contribution in [0.15, 0.2) is 5.38 Å². The van der Waals surface area contributed by atoms with Gasteiger partial charge in [-0.15, -0.1) is 11.3 Å². The number of nitrogens with zero attached hydrogens (tertiary/aromatic N) is 2. The molecule has 0 radical (unpaired) electrons. The van der Waals surface area contributed by atoms with Crippen LogP contribution in [0.2, 0.25) is 0 Å². The van der Waals surface area contributed by atoms with Gasteiger partial charge in [-0.1, -0.05) is 19.3 Å². The predicted octanol–water partition coefficient (Wildman–Crippen LogP) is 3.15. The minimum absolute atomic E-state index is 0.577. The van der Waals surface area contributed by atoms with Crippen LogP contribution in [-0.2, 0) is 13.1 Å². The first-order chi connectivity index (χ1) is 9.30. The Kier molecular flexibility index (Phi) is 4.20. The Balaban J connectivity index is 1.52. The second-order valence-electron chi connectivity index (χ2n) is 6.27. The molecule has 3 rings (SSSR count). The fraction of sp³-hybridized carbons (Fsp3) is 0.800. The molecule has 106 valence electrons. The molecule has 0 amide bonds. The van der Waals surface area contributed by atoms with Crippen LogP contribution in [0.4, 0.5) is 0 Å². The zero-order chi connectivity index (χ0) is 13.1. The fourth-order valence-electron chi connectivity index (χ4n) is 3.73. The van der Waals surface area contributed by atoms with Crippen LogP contribution in [0.1, 0.15) is 55.6 Å². The van der Waals surface area contributed by atoms with E-state index in [-0.39, 0.29) is 0 Å². The third-order valence-corrected chi connectivity index (χ3v) is 5.91. The lowest BCUT2D eigenvalue weighted by molar-refractivity contribution is 0.0636. The Bertz CT molecular complexity index is 399. The van der Waals surface area contributed by atoms with E-state index < -0.39 is 0 Å². The summed E-state index contributed by atoms with van der Waals surface area (Å²) < 4.78 is 0. The minimum atomic E-state index is 0.577. The van der Waals surface area contributed by atoms with Crippen molar-refractivity contribution in [1.82, 2.24) is 9.88 Å². The van der Waals surface area contributed by atoms with Crippen LogP contribution in [0.5, 0.6) is 0 Å². The molecule has 4 heteroatoms. The van der Waals surface area contributed by atoms with E-state index >= 15 is 0 Å². The molecule has 2 heterocycles. The van der Waals surface area contributed by atoms with Crippen molar-refractivity contribution in [2.24, 2.45) is 11.1 Å². The van der Waals surface area contributed by atoms with Crippen molar-refractivity contribution in [2.75, 3.05) is 13.1 Å². The van der Waals surface area contributed by atoms with Crippen LogP contribution >= 0.6 is 11.3 Å². The van der Waals surface area contributed by atoms with E-state index in [9.17, 15) is 0 Å². The molecule has 1 spiro atoms. The van der Waals surface area contributed by atoms with Gasteiger partial charge in [0.15, 0.2) is 0 Å². The third-order valence-electron chi connectivity index (χ3n) is 4.99. The molecule has 2 aliphatic rings. The van der Waals surface area contributed by atoms with Gasteiger partial charge in [-0.25, -0.2) is 4.98 Å². The van der Waals surface area contributed by atoms with E-state index in [4.69, 9.17) is 5.73 Å². The Hall–Kier alpha value is -0.450. The maximum absolute atomic E-state index is 5.62. The molecule has 1 aliphatic heterocycles. The van der Waals surface area contributed by atoms with Crippen LogP contribution in [0, 0.1) is 5.41 Å². The molecule has 1 saturated heterocycles. The van der Waals surface area contributed by atoms with Gasteiger partial charge in [0.2, 0.25) is 0 Å². The van der Waals surface area contributed by atoms with Crippen molar-refractivity contribution in [3.63, 3.8) is 0 Å². The highest BCUT2D eigenvalue weighted by Crippen LogP contribution is 2.44. The van der Waals surface area contributed by atoms with Crippen molar-refractivity contribution in [3.05, 3.63) is 16.1 Å². The standard InChI is InChI=1S/C15H25N3S/c16-10-14-17-13(12-19-14)11-18-8-6-15(7-9-18)4-2-1-3-5-15/h12H,1-11,16H2. The maximum atomic E-state index is 5.62. The lowest BCUT2D eigenvalue weighted by Crippen LogP contribution is -2.40. The first kappa shape index (κ1) is 13.5. The Morgan fingerprint density at radius 3 is 2.53 bits per heavy atom. The average Bonchev–Trinajstić information content (AvgIpc) is 2.90. The smallest absolute Gasteiger partial charge is 0.106 e. The summed E-state index contributed by atoms with van der Waals surface area (Å²) in [4.78, 5) is 7.16. The molecule has 2 N–H and O–H groups in total. The number of aromatic nitrogens is 1. The van der Waals surface area contributed by atoms with Gasteiger partial charge in [-0.3, -0.25) is 4.90 Å². The highest BCUT2D eigenvalue weighted by molar-refractivity contribution is 7.09. The highest BCUT2D eigenvalue weighted by atomic mass is 32.1. The van der Waals surface area contributed by atoms with Crippen molar-refractivity contribution >= 4 is 11.3 Å². The van der Waals surface area contributed by atoms with Crippen LogP contribution < -0.4 is 5.73 Å². The number of piperidine rings is 1. The lowest BCUT2D eigenvalue weighted by atomic mass is 9.68. The quantitative estimate of drug-likeness (QED) is 0.924. The molecule has 0 unspecified atom stereocenters. The highest BCUT2D eigenvalue weighted by Gasteiger charge is 2.35. The van der Waals surface area contributed by atoms with Gasteiger partial charge in [0.1, 0.15) is 5.01 Å². The zero-order valence-electron chi connectivity index (χ0n) is 11.7. The van der Waals surface area contributed by atoms with Gasteiger partial charge < -0.3 is 5.73 Å². The fourth-order valence-corrected chi connectivity index (χ4v) is 4.40. The second kappa shape index (κ2) is 5.90. The Labute approximate surface area is 120 Å². The molecular formula is C15H25N3S. The SMILES string of the molecule is NCc1nc(CN2CCC3(CCCCC3)CC2)cs1. The summed E-state index contributed by atoms with van der Waals surface area (Å²) in [5.74, 6) is 0. The zero-order valence-corrected chi connectivity index (χ0v) is 12.6. The summed E-state index contributed by atoms with van der Waals surface area (Å²) in [6, 6.07) is 0. The van der Waals surface area contributed by atoms with Gasteiger partial charge in [0, 0.05) is 18.5 Å². The van der Waals surface area contributed by atoms with E-state index in [1.54, 1.807) is 11.3 Å². The topological polar surface area (TPSA) is 42.1 Å². The number of rotatable bonds is 3. The van der Waals surface area contributed by atoms with E-state index in [0.717, 1.165) is 11.6 Å². The van der Waals surface area contributed by atoms with Gasteiger partial charge in [-0.05, 0) is 44.2 Å². The summed E-state index contributed by atoms with van der Waals surface area (Å²) >= 11 is 1.70. The monoisotopic (exact) mass is 279 g/mol. The average molecular weight is 279 g/mol. The van der Waals surface area contributed by atoms with Crippen LogP contribution in [0.3, 0.4) is 0 Å². The number of likely N-dealkylation sites (tertiary alicyclic amines) is 1. The van der Waals surface area contributed by atoms with Gasteiger partial charge in [-0.2, -0.15) is 0 Å². The van der Waals surface area contributed by atoms with Crippen LogP contribution in [-0.4, -0.2) is 23.0 Å². The first-order valence-corrected chi connectivity index (χ1v) is 8.53. The molecule has 0 atom stereocenters. The summed E-state index contributed by atoms with van der Waals surface area (Å²) in [5, 5.41) is 3.24. The van der Waals surface area contributed by atoms with E-state index in [1.165, 1.54) is 63.7 Å². The van der Waals surface area contributed by atoms with Crippen molar-refractivity contribution in [2.45, 2.75) is 58.0 Å². The molecule has 0 bridgehead atoms. The number of hydrogen-bond acceptors (Lipinski definition) is 4. The normalized spacial score (nSPS) is 23.8. The molecule has 1 aromatic rings. The molecular weight excluding hydrogens is 254 g/mol. The maximum Gasteiger partial charge on any atom is 0.106 e. The molecule has 19 heavy (non-hydrogen) atoms. The third kappa shape index (κ3) is 3.18. The summed E-state index contributed by atoms with van der Waals surface area (Å²) in [6.45, 7) is 4.12.